The Labute approximate surface area is 134 Å². The SMILES string of the molecule is O=C(Nc1ccc(C2OC3CNC2C3)cc1)c1ccc(O)cc1. The lowest BCUT2D eigenvalue weighted by atomic mass is 10.0. The van der Waals surface area contributed by atoms with Crippen molar-refractivity contribution >= 4 is 11.6 Å². The number of aromatic hydroxyl groups is 1. The average Bonchev–Trinajstić information content (AvgIpc) is 3.19. The lowest BCUT2D eigenvalue weighted by molar-refractivity contribution is 0.0160. The number of fused-ring (bicyclic) bond motifs is 2. The van der Waals surface area contributed by atoms with Crippen LogP contribution in [0.1, 0.15) is 28.4 Å². The summed E-state index contributed by atoms with van der Waals surface area (Å²) in [6, 6.07) is 14.4. The minimum atomic E-state index is -0.199. The fourth-order valence-electron chi connectivity index (χ4n) is 3.25. The van der Waals surface area contributed by atoms with Gasteiger partial charge in [-0.1, -0.05) is 12.1 Å². The maximum absolute atomic E-state index is 12.1. The molecule has 2 saturated heterocycles. The summed E-state index contributed by atoms with van der Waals surface area (Å²) >= 11 is 0. The van der Waals surface area contributed by atoms with Crippen LogP contribution in [-0.4, -0.2) is 29.7 Å². The Morgan fingerprint density at radius 2 is 1.87 bits per heavy atom. The van der Waals surface area contributed by atoms with E-state index in [1.54, 1.807) is 12.1 Å². The molecule has 0 aromatic heterocycles. The minimum Gasteiger partial charge on any atom is -0.508 e. The molecule has 0 saturated carbocycles. The molecule has 2 aromatic rings. The van der Waals surface area contributed by atoms with Crippen molar-refractivity contribution in [2.75, 3.05) is 11.9 Å². The van der Waals surface area contributed by atoms with E-state index in [-0.39, 0.29) is 17.8 Å². The number of ether oxygens (including phenoxy) is 1. The number of morpholine rings is 1. The van der Waals surface area contributed by atoms with Gasteiger partial charge in [0.15, 0.2) is 0 Å². The molecule has 2 bridgehead atoms. The molecule has 0 spiro atoms. The highest BCUT2D eigenvalue weighted by Crippen LogP contribution is 2.37. The Bertz CT molecular complexity index is 712. The average molecular weight is 310 g/mol. The van der Waals surface area contributed by atoms with Crippen LogP contribution in [0.25, 0.3) is 0 Å². The summed E-state index contributed by atoms with van der Waals surface area (Å²) in [7, 11) is 0. The molecule has 118 valence electrons. The third-order valence-corrected chi connectivity index (χ3v) is 4.46. The fourth-order valence-corrected chi connectivity index (χ4v) is 3.25. The van der Waals surface area contributed by atoms with E-state index >= 15 is 0 Å². The molecular weight excluding hydrogens is 292 g/mol. The monoisotopic (exact) mass is 310 g/mol. The van der Waals surface area contributed by atoms with E-state index in [0.29, 0.717) is 17.7 Å². The van der Waals surface area contributed by atoms with Gasteiger partial charge in [-0.3, -0.25) is 4.79 Å². The number of amides is 1. The number of carbonyl (C=O) groups is 1. The summed E-state index contributed by atoms with van der Waals surface area (Å²) in [5, 5.41) is 15.6. The number of benzene rings is 2. The van der Waals surface area contributed by atoms with Crippen molar-refractivity contribution in [3.8, 4) is 5.75 Å². The summed E-state index contributed by atoms with van der Waals surface area (Å²) in [4.78, 5) is 12.1. The molecule has 2 aromatic carbocycles. The molecule has 2 fully saturated rings. The number of hydrogen-bond donors (Lipinski definition) is 3. The van der Waals surface area contributed by atoms with E-state index < -0.39 is 0 Å². The highest BCUT2D eigenvalue weighted by Gasteiger charge is 2.41. The normalized spacial score (nSPS) is 25.5. The van der Waals surface area contributed by atoms with Gasteiger partial charge in [-0.2, -0.15) is 0 Å². The van der Waals surface area contributed by atoms with Crippen LogP contribution >= 0.6 is 0 Å². The zero-order chi connectivity index (χ0) is 15.8. The van der Waals surface area contributed by atoms with Gasteiger partial charge in [0.1, 0.15) is 5.75 Å². The van der Waals surface area contributed by atoms with Crippen molar-refractivity contribution in [3.05, 3.63) is 59.7 Å². The van der Waals surface area contributed by atoms with Gasteiger partial charge in [-0.05, 0) is 48.4 Å². The van der Waals surface area contributed by atoms with E-state index in [2.05, 4.69) is 10.6 Å². The molecule has 2 heterocycles. The molecule has 2 aliphatic rings. The number of nitrogens with one attached hydrogen (secondary N) is 2. The van der Waals surface area contributed by atoms with Crippen LogP contribution in [-0.2, 0) is 4.74 Å². The van der Waals surface area contributed by atoms with Gasteiger partial charge in [0.05, 0.1) is 12.2 Å². The van der Waals surface area contributed by atoms with Crippen LogP contribution in [0.15, 0.2) is 48.5 Å². The van der Waals surface area contributed by atoms with Crippen LogP contribution in [0, 0.1) is 0 Å². The van der Waals surface area contributed by atoms with E-state index in [4.69, 9.17) is 4.74 Å². The number of carbonyl (C=O) groups excluding carboxylic acids is 1. The highest BCUT2D eigenvalue weighted by molar-refractivity contribution is 6.04. The van der Waals surface area contributed by atoms with Gasteiger partial charge in [0.2, 0.25) is 0 Å². The van der Waals surface area contributed by atoms with Crippen molar-refractivity contribution in [1.82, 2.24) is 5.32 Å². The second-order valence-electron chi connectivity index (χ2n) is 6.05. The van der Waals surface area contributed by atoms with E-state index in [9.17, 15) is 9.90 Å². The molecule has 3 atom stereocenters. The Hall–Kier alpha value is -2.37. The van der Waals surface area contributed by atoms with Crippen LogP contribution in [0.3, 0.4) is 0 Å². The van der Waals surface area contributed by atoms with Crippen molar-refractivity contribution in [2.24, 2.45) is 0 Å². The Morgan fingerprint density at radius 3 is 2.48 bits per heavy atom. The zero-order valence-electron chi connectivity index (χ0n) is 12.5. The predicted octanol–water partition coefficient (Wildman–Crippen LogP) is 2.45. The van der Waals surface area contributed by atoms with Crippen LogP contribution in [0.5, 0.6) is 5.75 Å². The highest BCUT2D eigenvalue weighted by atomic mass is 16.5. The van der Waals surface area contributed by atoms with Gasteiger partial charge in [-0.25, -0.2) is 0 Å². The van der Waals surface area contributed by atoms with Gasteiger partial charge in [-0.15, -0.1) is 0 Å². The molecule has 3 unspecified atom stereocenters. The molecule has 23 heavy (non-hydrogen) atoms. The third-order valence-electron chi connectivity index (χ3n) is 4.46. The zero-order valence-corrected chi connectivity index (χ0v) is 12.5. The number of anilines is 1. The summed E-state index contributed by atoms with van der Waals surface area (Å²) in [5.74, 6) is -0.0547. The van der Waals surface area contributed by atoms with Gasteiger partial charge in [0, 0.05) is 23.8 Å². The van der Waals surface area contributed by atoms with Gasteiger partial charge >= 0.3 is 0 Å². The van der Waals surface area contributed by atoms with Crippen molar-refractivity contribution in [2.45, 2.75) is 24.7 Å². The Kier molecular flexibility index (Phi) is 3.52. The Morgan fingerprint density at radius 1 is 1.13 bits per heavy atom. The summed E-state index contributed by atoms with van der Waals surface area (Å²) in [5.41, 5.74) is 2.38. The molecule has 5 nitrogen and oxygen atoms in total. The summed E-state index contributed by atoms with van der Waals surface area (Å²) < 4.78 is 5.97. The second kappa shape index (κ2) is 5.68. The van der Waals surface area contributed by atoms with Crippen LogP contribution in [0.4, 0.5) is 5.69 Å². The molecule has 0 aliphatic carbocycles. The quantitative estimate of drug-likeness (QED) is 0.814. The van der Waals surface area contributed by atoms with Gasteiger partial charge < -0.3 is 20.5 Å². The fraction of sp³-hybridized carbons (Fsp3) is 0.278. The maximum Gasteiger partial charge on any atom is 0.255 e. The minimum absolute atomic E-state index is 0.107. The second-order valence-corrected chi connectivity index (χ2v) is 6.05. The largest absolute Gasteiger partial charge is 0.508 e. The first kappa shape index (κ1) is 14.2. The van der Waals surface area contributed by atoms with Crippen LogP contribution in [0.2, 0.25) is 0 Å². The number of rotatable bonds is 3. The first-order valence-corrected chi connectivity index (χ1v) is 7.78. The maximum atomic E-state index is 12.1. The smallest absolute Gasteiger partial charge is 0.255 e. The van der Waals surface area contributed by atoms with E-state index in [0.717, 1.165) is 24.2 Å². The van der Waals surface area contributed by atoms with Crippen molar-refractivity contribution in [1.29, 1.82) is 0 Å². The van der Waals surface area contributed by atoms with Crippen LogP contribution < -0.4 is 10.6 Å². The standard InChI is InChI=1S/C18H18N2O3/c21-14-7-3-12(4-8-14)18(22)20-13-5-1-11(2-6-13)17-16-9-15(23-17)10-19-16/h1-8,15-17,19,21H,9-10H2,(H,20,22). The van der Waals surface area contributed by atoms with Gasteiger partial charge in [0.25, 0.3) is 5.91 Å². The van der Waals surface area contributed by atoms with Crippen molar-refractivity contribution in [3.63, 3.8) is 0 Å². The topological polar surface area (TPSA) is 70.6 Å². The number of hydrogen-bond acceptors (Lipinski definition) is 4. The van der Waals surface area contributed by atoms with E-state index in [1.165, 1.54) is 12.1 Å². The summed E-state index contributed by atoms with van der Waals surface area (Å²) in [6.07, 6.45) is 1.51. The van der Waals surface area contributed by atoms with E-state index in [1.807, 2.05) is 24.3 Å². The number of phenolic OH excluding ortho intramolecular Hbond substituents is 1. The lowest BCUT2D eigenvalue weighted by Crippen LogP contribution is -2.33. The lowest BCUT2D eigenvalue weighted by Gasteiger charge is -2.23. The first-order valence-electron chi connectivity index (χ1n) is 7.78. The molecule has 5 heteroatoms. The first-order chi connectivity index (χ1) is 11.2. The molecule has 3 N–H and O–H groups in total. The summed E-state index contributed by atoms with van der Waals surface area (Å²) in [6.45, 7) is 0.946. The molecule has 2 aliphatic heterocycles. The predicted molar refractivity (Wildman–Crippen MR) is 86.5 cm³/mol. The molecule has 0 radical (unpaired) electrons. The van der Waals surface area contributed by atoms with Crippen molar-refractivity contribution < 1.29 is 14.6 Å². The number of phenols is 1. The molecular formula is C18H18N2O3. The third kappa shape index (κ3) is 2.81. The molecule has 4 rings (SSSR count). The Balaban J connectivity index is 1.44. The molecule has 1 amide bonds.